The Hall–Kier alpha value is -0.760. The van der Waals surface area contributed by atoms with Crippen LogP contribution in [-0.2, 0) is 0 Å². The van der Waals surface area contributed by atoms with Crippen molar-refractivity contribution >= 4 is 21.6 Å². The zero-order valence-corrected chi connectivity index (χ0v) is 8.46. The number of rotatable bonds is 1. The molecule has 0 aromatic carbocycles. The molecule has 1 nitrogen and oxygen atoms in total. The SMILES string of the molecule is Cc1cc2sc(C(C)C)cc2[nH]1. The van der Waals surface area contributed by atoms with Crippen molar-refractivity contribution in [1.29, 1.82) is 0 Å². The van der Waals surface area contributed by atoms with Gasteiger partial charge < -0.3 is 4.98 Å². The zero-order valence-electron chi connectivity index (χ0n) is 7.64. The van der Waals surface area contributed by atoms with E-state index in [-0.39, 0.29) is 0 Å². The first-order valence-electron chi connectivity index (χ1n) is 4.26. The molecule has 1 N–H and O–H groups in total. The van der Waals surface area contributed by atoms with Crippen molar-refractivity contribution in [3.8, 4) is 0 Å². The molecule has 64 valence electrons. The summed E-state index contributed by atoms with van der Waals surface area (Å²) in [6.45, 7) is 6.57. The van der Waals surface area contributed by atoms with Gasteiger partial charge in [0.2, 0.25) is 0 Å². The second-order valence-corrected chi connectivity index (χ2v) is 4.65. The number of fused-ring (bicyclic) bond motifs is 1. The van der Waals surface area contributed by atoms with Crippen LogP contribution in [0.1, 0.15) is 30.3 Å². The molecule has 0 saturated heterocycles. The topological polar surface area (TPSA) is 15.8 Å². The van der Waals surface area contributed by atoms with Gasteiger partial charge in [0.15, 0.2) is 0 Å². The van der Waals surface area contributed by atoms with E-state index in [1.54, 1.807) is 0 Å². The van der Waals surface area contributed by atoms with Gasteiger partial charge in [0.1, 0.15) is 0 Å². The minimum atomic E-state index is 0.649. The molecule has 0 aliphatic rings. The lowest BCUT2D eigenvalue weighted by molar-refractivity contribution is 0.890. The molecule has 2 heterocycles. The quantitative estimate of drug-likeness (QED) is 0.687. The molecule has 0 aliphatic heterocycles. The molecule has 0 atom stereocenters. The first-order chi connectivity index (χ1) is 5.66. The average Bonchev–Trinajstić information content (AvgIpc) is 2.42. The smallest absolute Gasteiger partial charge is 0.0568 e. The number of thiophene rings is 1. The Balaban J connectivity index is 2.57. The molecule has 2 aromatic heterocycles. The molecular formula is C10H13NS. The lowest BCUT2D eigenvalue weighted by atomic mass is 10.2. The van der Waals surface area contributed by atoms with Crippen molar-refractivity contribution in [2.24, 2.45) is 0 Å². The normalized spacial score (nSPS) is 11.7. The van der Waals surface area contributed by atoms with Crippen LogP contribution in [0.2, 0.25) is 0 Å². The van der Waals surface area contributed by atoms with Crippen molar-refractivity contribution in [3.05, 3.63) is 22.7 Å². The van der Waals surface area contributed by atoms with E-state index in [0.717, 1.165) is 0 Å². The molecular weight excluding hydrogens is 166 g/mol. The van der Waals surface area contributed by atoms with Crippen LogP contribution in [0, 0.1) is 6.92 Å². The maximum absolute atomic E-state index is 3.34. The molecule has 0 aliphatic carbocycles. The fourth-order valence-corrected chi connectivity index (χ4v) is 2.48. The molecule has 0 radical (unpaired) electrons. The van der Waals surface area contributed by atoms with Crippen LogP contribution in [-0.4, -0.2) is 4.98 Å². The molecule has 2 rings (SSSR count). The van der Waals surface area contributed by atoms with E-state index < -0.39 is 0 Å². The predicted octanol–water partition coefficient (Wildman–Crippen LogP) is 3.66. The van der Waals surface area contributed by atoms with Crippen LogP contribution in [0.3, 0.4) is 0 Å². The summed E-state index contributed by atoms with van der Waals surface area (Å²) in [7, 11) is 0. The second kappa shape index (κ2) is 2.63. The minimum absolute atomic E-state index is 0.649. The van der Waals surface area contributed by atoms with Crippen LogP contribution in [0.5, 0.6) is 0 Å². The first-order valence-corrected chi connectivity index (χ1v) is 5.07. The summed E-state index contributed by atoms with van der Waals surface area (Å²) in [6, 6.07) is 4.48. The summed E-state index contributed by atoms with van der Waals surface area (Å²) in [5, 5.41) is 0. The number of aromatic amines is 1. The van der Waals surface area contributed by atoms with E-state index in [1.165, 1.54) is 20.8 Å². The molecule has 2 heteroatoms. The molecule has 0 amide bonds. The van der Waals surface area contributed by atoms with Crippen molar-refractivity contribution in [2.45, 2.75) is 26.7 Å². The van der Waals surface area contributed by atoms with Gasteiger partial charge in [-0.25, -0.2) is 0 Å². The number of aryl methyl sites for hydroxylation is 1. The van der Waals surface area contributed by atoms with Gasteiger partial charge in [-0.15, -0.1) is 11.3 Å². The Morgan fingerprint density at radius 3 is 2.67 bits per heavy atom. The lowest BCUT2D eigenvalue weighted by Gasteiger charge is -1.96. The summed E-state index contributed by atoms with van der Waals surface area (Å²) in [5.74, 6) is 0.649. The van der Waals surface area contributed by atoms with E-state index in [2.05, 4.69) is 37.9 Å². The molecule has 0 spiro atoms. The highest BCUT2D eigenvalue weighted by Gasteiger charge is 2.06. The van der Waals surface area contributed by atoms with E-state index in [0.29, 0.717) is 5.92 Å². The van der Waals surface area contributed by atoms with Gasteiger partial charge >= 0.3 is 0 Å². The maximum atomic E-state index is 3.34. The number of H-pyrrole nitrogens is 1. The fourth-order valence-electron chi connectivity index (χ4n) is 1.36. The summed E-state index contributed by atoms with van der Waals surface area (Å²) >= 11 is 1.89. The molecule has 0 saturated carbocycles. The van der Waals surface area contributed by atoms with Gasteiger partial charge in [0.25, 0.3) is 0 Å². The van der Waals surface area contributed by atoms with Crippen LogP contribution in [0.15, 0.2) is 12.1 Å². The average molecular weight is 179 g/mol. The maximum Gasteiger partial charge on any atom is 0.0568 e. The lowest BCUT2D eigenvalue weighted by Crippen LogP contribution is -1.78. The highest BCUT2D eigenvalue weighted by atomic mass is 32.1. The molecule has 0 fully saturated rings. The fraction of sp³-hybridized carbons (Fsp3) is 0.400. The summed E-state index contributed by atoms with van der Waals surface area (Å²) < 4.78 is 1.39. The number of nitrogens with one attached hydrogen (secondary N) is 1. The van der Waals surface area contributed by atoms with E-state index in [9.17, 15) is 0 Å². The van der Waals surface area contributed by atoms with Crippen molar-refractivity contribution in [2.75, 3.05) is 0 Å². The Labute approximate surface area is 76.4 Å². The summed E-state index contributed by atoms with van der Waals surface area (Å²) in [4.78, 5) is 4.81. The molecule has 2 aromatic rings. The van der Waals surface area contributed by atoms with Gasteiger partial charge in [0.05, 0.1) is 10.2 Å². The van der Waals surface area contributed by atoms with Crippen LogP contribution >= 0.6 is 11.3 Å². The van der Waals surface area contributed by atoms with Gasteiger partial charge in [-0.2, -0.15) is 0 Å². The Bertz CT molecular complexity index is 363. The third-order valence-corrected chi connectivity index (χ3v) is 3.41. The molecule has 0 bridgehead atoms. The second-order valence-electron chi connectivity index (χ2n) is 3.53. The predicted molar refractivity (Wildman–Crippen MR) is 55.0 cm³/mol. The van der Waals surface area contributed by atoms with E-state index >= 15 is 0 Å². The van der Waals surface area contributed by atoms with Crippen LogP contribution in [0.4, 0.5) is 0 Å². The van der Waals surface area contributed by atoms with Gasteiger partial charge in [-0.05, 0) is 25.0 Å². The Morgan fingerprint density at radius 1 is 1.33 bits per heavy atom. The summed E-state index contributed by atoms with van der Waals surface area (Å²) in [5.41, 5.74) is 2.55. The number of hydrogen-bond acceptors (Lipinski definition) is 1. The van der Waals surface area contributed by atoms with Gasteiger partial charge in [-0.1, -0.05) is 13.8 Å². The zero-order chi connectivity index (χ0) is 8.72. The highest BCUT2D eigenvalue weighted by molar-refractivity contribution is 7.19. The third kappa shape index (κ3) is 1.16. The monoisotopic (exact) mass is 179 g/mol. The third-order valence-electron chi connectivity index (χ3n) is 2.03. The van der Waals surface area contributed by atoms with E-state index in [4.69, 9.17) is 0 Å². The minimum Gasteiger partial charge on any atom is -0.358 e. The first kappa shape index (κ1) is 7.87. The highest BCUT2D eigenvalue weighted by Crippen LogP contribution is 2.30. The standard InChI is InChI=1S/C10H13NS/c1-6(2)9-5-8-10(12-9)4-7(3)11-8/h4-6,11H,1-3H3. The molecule has 12 heavy (non-hydrogen) atoms. The van der Waals surface area contributed by atoms with Crippen molar-refractivity contribution in [1.82, 2.24) is 4.98 Å². The number of hydrogen-bond donors (Lipinski definition) is 1. The number of aromatic nitrogens is 1. The van der Waals surface area contributed by atoms with Gasteiger partial charge in [-0.3, -0.25) is 0 Å². The van der Waals surface area contributed by atoms with Crippen molar-refractivity contribution in [3.63, 3.8) is 0 Å². The van der Waals surface area contributed by atoms with Crippen LogP contribution in [0.25, 0.3) is 10.2 Å². The summed E-state index contributed by atoms with van der Waals surface area (Å²) in [6.07, 6.45) is 0. The molecule has 0 unspecified atom stereocenters. The van der Waals surface area contributed by atoms with Gasteiger partial charge in [0, 0.05) is 10.6 Å². The Morgan fingerprint density at radius 2 is 2.08 bits per heavy atom. The van der Waals surface area contributed by atoms with Crippen molar-refractivity contribution < 1.29 is 0 Å². The van der Waals surface area contributed by atoms with E-state index in [1.807, 2.05) is 11.3 Å². The Kier molecular flexibility index (Phi) is 1.72. The largest absolute Gasteiger partial charge is 0.358 e. The van der Waals surface area contributed by atoms with Crippen LogP contribution < -0.4 is 0 Å².